The Morgan fingerprint density at radius 2 is 1.90 bits per heavy atom. The van der Waals surface area contributed by atoms with E-state index in [1.54, 1.807) is 11.1 Å². The Morgan fingerprint density at radius 1 is 1.10 bits per heavy atom. The van der Waals surface area contributed by atoms with Gasteiger partial charge in [-0.1, -0.05) is 62.2 Å². The van der Waals surface area contributed by atoms with Crippen molar-refractivity contribution in [3.8, 4) is 0 Å². The third-order valence-electron chi connectivity index (χ3n) is 13.0. The van der Waals surface area contributed by atoms with E-state index in [4.69, 9.17) is 9.47 Å². The van der Waals surface area contributed by atoms with Gasteiger partial charge in [-0.15, -0.1) is 0 Å². The van der Waals surface area contributed by atoms with Crippen molar-refractivity contribution in [3.63, 3.8) is 0 Å². The number of benzene rings is 1. The molecule has 3 saturated carbocycles. The van der Waals surface area contributed by atoms with Crippen molar-refractivity contribution < 1.29 is 19.1 Å². The number of carbonyl (C=O) groups excluding carboxylic acids is 2. The Labute approximate surface area is 246 Å². The smallest absolute Gasteiger partial charge is 0.410 e. The van der Waals surface area contributed by atoms with E-state index in [1.807, 2.05) is 35.2 Å². The number of hydrogen-bond acceptors (Lipinski definition) is 4. The summed E-state index contributed by atoms with van der Waals surface area (Å²) in [6.45, 7) is 10.6. The highest BCUT2D eigenvalue weighted by Gasteiger charge is 2.60. The number of carbonyl (C=O) groups is 2. The minimum absolute atomic E-state index is 0.0760. The second kappa shape index (κ2) is 10.2. The van der Waals surface area contributed by atoms with Crippen molar-refractivity contribution in [1.29, 1.82) is 0 Å². The zero-order valence-corrected chi connectivity index (χ0v) is 25.6. The van der Waals surface area contributed by atoms with Crippen LogP contribution in [0.2, 0.25) is 0 Å². The van der Waals surface area contributed by atoms with E-state index in [9.17, 15) is 9.59 Å². The van der Waals surface area contributed by atoms with Crippen molar-refractivity contribution in [1.82, 2.24) is 4.90 Å². The van der Waals surface area contributed by atoms with E-state index in [2.05, 4.69) is 27.7 Å². The zero-order valence-electron chi connectivity index (χ0n) is 25.6. The average Bonchev–Trinajstić information content (AvgIpc) is 3.42. The number of likely N-dealkylation sites (tertiary alicyclic amines) is 1. The van der Waals surface area contributed by atoms with Crippen LogP contribution < -0.4 is 0 Å². The normalized spacial score (nSPS) is 43.7. The van der Waals surface area contributed by atoms with Crippen LogP contribution >= 0.6 is 0 Å². The number of fused-ring (bicyclic) bond motifs is 6. The predicted octanol–water partition coefficient (Wildman–Crippen LogP) is 7.73. The summed E-state index contributed by atoms with van der Waals surface area (Å²) in [5.74, 6) is 3.91. The molecule has 0 radical (unpaired) electrons. The van der Waals surface area contributed by atoms with Crippen LogP contribution in [-0.2, 0) is 20.9 Å². The van der Waals surface area contributed by atoms with Gasteiger partial charge in [-0.25, -0.2) is 4.79 Å². The van der Waals surface area contributed by atoms with Crippen LogP contribution in [0.25, 0.3) is 0 Å². The number of amides is 1. The molecule has 5 heteroatoms. The number of Topliss-reactive ketones (excluding diaryl/α,β-unsaturated/α-hetero) is 1. The fraction of sp³-hybridized carbons (Fsp3) is 0.722. The molecule has 41 heavy (non-hydrogen) atoms. The maximum absolute atomic E-state index is 13.5. The summed E-state index contributed by atoms with van der Waals surface area (Å²) in [5, 5.41) is 0. The maximum Gasteiger partial charge on any atom is 0.410 e. The Balaban J connectivity index is 1.11. The van der Waals surface area contributed by atoms with Crippen molar-refractivity contribution in [2.24, 2.45) is 40.9 Å². The lowest BCUT2D eigenvalue weighted by atomic mass is 9.52. The summed E-state index contributed by atoms with van der Waals surface area (Å²) >= 11 is 0. The first-order valence-electron chi connectivity index (χ1n) is 16.5. The van der Waals surface area contributed by atoms with Gasteiger partial charge in [0.2, 0.25) is 0 Å². The first-order valence-corrected chi connectivity index (χ1v) is 16.5. The van der Waals surface area contributed by atoms with Gasteiger partial charge < -0.3 is 14.4 Å². The molecule has 6 aliphatic rings. The van der Waals surface area contributed by atoms with Gasteiger partial charge in [0.15, 0.2) is 0 Å². The molecular weight excluding hydrogens is 510 g/mol. The number of ether oxygens (including phenoxy) is 2. The van der Waals surface area contributed by atoms with Gasteiger partial charge in [0.1, 0.15) is 12.4 Å². The highest BCUT2D eigenvalue weighted by Crippen LogP contribution is 2.65. The SMILES string of the molecule is CC1=C2C[C@H]3[C@@H](CC[C@@H]4CC(=O)CC[C@@]43C)[C@@H]2CC[C@@]2(C1)O[C@@H]1C[C@H](C)CN(C(=O)OCc3ccccc3)[C@H]1[C@H]2C. The van der Waals surface area contributed by atoms with Crippen LogP contribution in [0, 0.1) is 40.9 Å². The Bertz CT molecular complexity index is 1230. The Hall–Kier alpha value is -2.14. The minimum atomic E-state index is -0.202. The number of rotatable bonds is 2. The summed E-state index contributed by atoms with van der Waals surface area (Å²) in [6, 6.07) is 10.1. The molecule has 1 aromatic carbocycles. The molecule has 0 N–H and O–H groups in total. The van der Waals surface area contributed by atoms with Crippen molar-refractivity contribution in [3.05, 3.63) is 47.0 Å². The molecule has 5 nitrogen and oxygen atoms in total. The molecule has 2 aliphatic heterocycles. The van der Waals surface area contributed by atoms with Crippen LogP contribution in [0.15, 0.2) is 41.5 Å². The van der Waals surface area contributed by atoms with Crippen LogP contribution in [0.4, 0.5) is 4.79 Å². The fourth-order valence-electron chi connectivity index (χ4n) is 10.9. The number of nitrogens with zero attached hydrogens (tertiary/aromatic N) is 1. The van der Waals surface area contributed by atoms with E-state index in [1.165, 1.54) is 25.7 Å². The Kier molecular flexibility index (Phi) is 6.92. The molecule has 1 amide bonds. The largest absolute Gasteiger partial charge is 0.445 e. The predicted molar refractivity (Wildman–Crippen MR) is 159 cm³/mol. The molecule has 222 valence electrons. The molecule has 10 atom stereocenters. The first-order chi connectivity index (χ1) is 19.7. The molecule has 0 unspecified atom stereocenters. The molecule has 0 aromatic heterocycles. The topological polar surface area (TPSA) is 55.8 Å². The lowest BCUT2D eigenvalue weighted by molar-refractivity contribution is -0.129. The molecule has 4 aliphatic carbocycles. The van der Waals surface area contributed by atoms with E-state index in [0.717, 1.165) is 62.5 Å². The van der Waals surface area contributed by atoms with Gasteiger partial charge in [0.25, 0.3) is 0 Å². The lowest BCUT2D eigenvalue weighted by Gasteiger charge is -2.52. The van der Waals surface area contributed by atoms with Crippen LogP contribution in [0.1, 0.15) is 97.5 Å². The number of ketones is 1. The monoisotopic (exact) mass is 559 g/mol. The van der Waals surface area contributed by atoms with Crippen LogP contribution in [0.3, 0.4) is 0 Å². The molecule has 2 saturated heterocycles. The van der Waals surface area contributed by atoms with Gasteiger partial charge in [-0.2, -0.15) is 0 Å². The highest BCUT2D eigenvalue weighted by atomic mass is 16.6. The molecule has 1 aromatic rings. The molecule has 5 fully saturated rings. The second-order valence-corrected chi connectivity index (χ2v) is 15.2. The second-order valence-electron chi connectivity index (χ2n) is 15.2. The molecule has 0 bridgehead atoms. The third-order valence-corrected chi connectivity index (χ3v) is 13.0. The maximum atomic E-state index is 13.5. The van der Waals surface area contributed by atoms with E-state index >= 15 is 0 Å². The van der Waals surface area contributed by atoms with Gasteiger partial charge in [0, 0.05) is 25.3 Å². The number of allylic oxidation sites excluding steroid dienone is 1. The van der Waals surface area contributed by atoms with Gasteiger partial charge in [-0.05, 0) is 98.9 Å². The standard InChI is InChI=1S/C36H49NO4/c1-22-16-32-33(37(20-22)34(39)40-21-25-8-6-5-7-9-25)24(3)36(41-32)15-13-28-29-11-10-26-17-27(38)12-14-35(26,4)31(29)18-30(28)23(2)19-36/h5-9,22,24,26,28-29,31-33H,10-21H2,1-4H3/t22-,24+,26+,28-,29-,31-,32+,33-,35-,36-/m0/s1. The average molecular weight is 560 g/mol. The van der Waals surface area contributed by atoms with Gasteiger partial charge in [0.05, 0.1) is 17.7 Å². The first kappa shape index (κ1) is 27.7. The van der Waals surface area contributed by atoms with E-state index in [-0.39, 0.29) is 29.8 Å². The number of hydrogen-bond donors (Lipinski definition) is 0. The molecule has 7 rings (SSSR count). The van der Waals surface area contributed by atoms with E-state index < -0.39 is 0 Å². The quantitative estimate of drug-likeness (QED) is 0.348. The van der Waals surface area contributed by atoms with Crippen LogP contribution in [0.5, 0.6) is 0 Å². The Morgan fingerprint density at radius 3 is 2.71 bits per heavy atom. The zero-order chi connectivity index (χ0) is 28.5. The summed E-state index contributed by atoms with van der Waals surface area (Å²) in [4.78, 5) is 27.8. The van der Waals surface area contributed by atoms with Crippen LogP contribution in [-0.4, -0.2) is 41.1 Å². The summed E-state index contributed by atoms with van der Waals surface area (Å²) in [7, 11) is 0. The third kappa shape index (κ3) is 4.51. The lowest BCUT2D eigenvalue weighted by Crippen LogP contribution is -2.54. The van der Waals surface area contributed by atoms with Crippen molar-refractivity contribution in [2.45, 2.75) is 116 Å². The summed E-state index contributed by atoms with van der Waals surface area (Å²) in [5.41, 5.74) is 4.44. The fourth-order valence-corrected chi connectivity index (χ4v) is 10.9. The van der Waals surface area contributed by atoms with E-state index in [0.29, 0.717) is 35.6 Å². The molecular formula is C36H49NO4. The minimum Gasteiger partial charge on any atom is -0.445 e. The van der Waals surface area contributed by atoms with Gasteiger partial charge in [-0.3, -0.25) is 4.79 Å². The highest BCUT2D eigenvalue weighted by molar-refractivity contribution is 5.79. The summed E-state index contributed by atoms with van der Waals surface area (Å²) < 4.78 is 13.0. The summed E-state index contributed by atoms with van der Waals surface area (Å²) in [6.07, 6.45) is 10.6. The van der Waals surface area contributed by atoms with Crippen molar-refractivity contribution >= 4 is 11.9 Å². The van der Waals surface area contributed by atoms with Crippen molar-refractivity contribution in [2.75, 3.05) is 6.54 Å². The number of piperidine rings is 1. The molecule has 2 heterocycles. The van der Waals surface area contributed by atoms with Gasteiger partial charge >= 0.3 is 6.09 Å². The molecule has 1 spiro atoms.